The van der Waals surface area contributed by atoms with Gasteiger partial charge >= 0.3 is 5.97 Å². The Bertz CT molecular complexity index is 990. The van der Waals surface area contributed by atoms with Crippen molar-refractivity contribution in [2.24, 2.45) is 0 Å². The average molecular weight is 392 g/mol. The second-order valence-electron chi connectivity index (χ2n) is 5.36. The molecule has 0 atom stereocenters. The molecule has 1 heterocycles. The molecule has 10 heteroatoms. The van der Waals surface area contributed by atoms with Crippen molar-refractivity contribution in [2.45, 2.75) is 12.8 Å². The van der Waals surface area contributed by atoms with Crippen LogP contribution in [0.4, 0.5) is 10.1 Å². The molecule has 0 radical (unpaired) electrons. The summed E-state index contributed by atoms with van der Waals surface area (Å²) in [6.07, 6.45) is 0.0516. The van der Waals surface area contributed by atoms with E-state index in [-0.39, 0.29) is 46.8 Å². The van der Waals surface area contributed by atoms with E-state index in [1.54, 1.807) is 0 Å². The van der Waals surface area contributed by atoms with E-state index in [9.17, 15) is 19.3 Å². The molecule has 0 aliphatic carbocycles. The van der Waals surface area contributed by atoms with E-state index in [4.69, 9.17) is 20.9 Å². The quantitative estimate of drug-likeness (QED) is 0.270. The fourth-order valence-corrected chi connectivity index (χ4v) is 2.35. The molecule has 0 spiro atoms. The first-order valence-corrected chi connectivity index (χ1v) is 8.03. The molecule has 138 valence electrons. The number of nitrogens with zero attached hydrogens (tertiary/aromatic N) is 3. The van der Waals surface area contributed by atoms with Gasteiger partial charge in [-0.1, -0.05) is 16.8 Å². The number of esters is 1. The molecule has 0 aliphatic heterocycles. The van der Waals surface area contributed by atoms with Crippen molar-refractivity contribution in [1.82, 2.24) is 10.1 Å². The van der Waals surface area contributed by atoms with Crippen molar-refractivity contribution in [1.29, 1.82) is 0 Å². The normalized spacial score (nSPS) is 10.6. The summed E-state index contributed by atoms with van der Waals surface area (Å²) in [6.45, 7) is 0. The summed E-state index contributed by atoms with van der Waals surface area (Å²) < 4.78 is 23.1. The molecule has 0 unspecified atom stereocenters. The highest BCUT2D eigenvalue weighted by atomic mass is 35.5. The fraction of sp³-hybridized carbons (Fsp3) is 0.118. The lowest BCUT2D eigenvalue weighted by Crippen LogP contribution is -2.09. The smallest absolute Gasteiger partial charge is 0.311 e. The molecule has 2 aromatic carbocycles. The van der Waals surface area contributed by atoms with Crippen molar-refractivity contribution in [3.63, 3.8) is 0 Å². The molecule has 0 aliphatic rings. The Balaban J connectivity index is 1.58. The van der Waals surface area contributed by atoms with E-state index < -0.39 is 10.9 Å². The van der Waals surface area contributed by atoms with Crippen LogP contribution >= 0.6 is 11.6 Å². The van der Waals surface area contributed by atoms with Crippen LogP contribution < -0.4 is 4.74 Å². The maximum atomic E-state index is 12.9. The van der Waals surface area contributed by atoms with Crippen LogP contribution in [0.2, 0.25) is 5.02 Å². The number of halogens is 2. The van der Waals surface area contributed by atoms with Crippen LogP contribution in [0, 0.1) is 15.9 Å². The van der Waals surface area contributed by atoms with Crippen molar-refractivity contribution in [3.8, 4) is 17.1 Å². The van der Waals surface area contributed by atoms with E-state index in [1.165, 1.54) is 36.4 Å². The molecular weight excluding hydrogens is 381 g/mol. The lowest BCUT2D eigenvalue weighted by atomic mass is 10.2. The standard InChI is InChI=1S/C17H11ClFN3O5/c18-13-9-12(22(24)25)5-6-14(13)26-16(23)8-7-15-20-17(21-27-15)10-1-3-11(19)4-2-10/h1-6,9H,7-8H2. The van der Waals surface area contributed by atoms with Crippen LogP contribution in [0.1, 0.15) is 12.3 Å². The van der Waals surface area contributed by atoms with Crippen LogP contribution in [0.25, 0.3) is 11.4 Å². The van der Waals surface area contributed by atoms with E-state index >= 15 is 0 Å². The maximum absolute atomic E-state index is 12.9. The number of carbonyl (C=O) groups is 1. The number of aromatic nitrogens is 2. The summed E-state index contributed by atoms with van der Waals surface area (Å²) >= 11 is 5.87. The summed E-state index contributed by atoms with van der Waals surface area (Å²) in [7, 11) is 0. The molecule has 0 saturated heterocycles. The van der Waals surface area contributed by atoms with Crippen LogP contribution in [0.5, 0.6) is 5.75 Å². The summed E-state index contributed by atoms with van der Waals surface area (Å²) in [5.41, 5.74) is 0.366. The van der Waals surface area contributed by atoms with Gasteiger partial charge in [-0.25, -0.2) is 4.39 Å². The molecule has 3 rings (SSSR count). The first-order chi connectivity index (χ1) is 12.9. The minimum absolute atomic E-state index is 0.0183. The average Bonchev–Trinajstić information content (AvgIpc) is 3.11. The third-order valence-electron chi connectivity index (χ3n) is 3.46. The first-order valence-electron chi connectivity index (χ1n) is 7.65. The molecule has 0 saturated carbocycles. The number of hydrogen-bond donors (Lipinski definition) is 0. The molecule has 1 aromatic heterocycles. The van der Waals surface area contributed by atoms with E-state index in [1.807, 2.05) is 0 Å². The van der Waals surface area contributed by atoms with Gasteiger partial charge in [0.1, 0.15) is 11.6 Å². The van der Waals surface area contributed by atoms with Gasteiger partial charge in [0.2, 0.25) is 11.7 Å². The first kappa shape index (κ1) is 18.5. The van der Waals surface area contributed by atoms with Crippen molar-refractivity contribution in [3.05, 3.63) is 69.3 Å². The van der Waals surface area contributed by atoms with E-state index in [0.29, 0.717) is 5.56 Å². The van der Waals surface area contributed by atoms with Crippen molar-refractivity contribution < 1.29 is 23.4 Å². The Labute approximate surface area is 156 Å². The predicted molar refractivity (Wildman–Crippen MR) is 91.8 cm³/mol. The molecule has 8 nitrogen and oxygen atoms in total. The highest BCUT2D eigenvalue weighted by Gasteiger charge is 2.15. The second kappa shape index (κ2) is 7.92. The van der Waals surface area contributed by atoms with E-state index in [0.717, 1.165) is 6.07 Å². The SMILES string of the molecule is O=C(CCc1nc(-c2ccc(F)cc2)no1)Oc1ccc([N+](=O)[O-])cc1Cl. The maximum Gasteiger partial charge on any atom is 0.311 e. The summed E-state index contributed by atoms with van der Waals surface area (Å²) in [4.78, 5) is 26.1. The number of benzene rings is 2. The fourth-order valence-electron chi connectivity index (χ4n) is 2.14. The number of hydrogen-bond acceptors (Lipinski definition) is 7. The molecule has 0 N–H and O–H groups in total. The largest absolute Gasteiger partial charge is 0.425 e. The lowest BCUT2D eigenvalue weighted by Gasteiger charge is -2.05. The molecule has 0 bridgehead atoms. The zero-order chi connectivity index (χ0) is 19.4. The van der Waals surface area contributed by atoms with Gasteiger partial charge < -0.3 is 9.26 Å². The number of ether oxygens (including phenoxy) is 1. The predicted octanol–water partition coefficient (Wildman–Crippen LogP) is 3.98. The molecule has 27 heavy (non-hydrogen) atoms. The lowest BCUT2D eigenvalue weighted by molar-refractivity contribution is -0.384. The Morgan fingerprint density at radius 3 is 2.67 bits per heavy atom. The zero-order valence-corrected chi connectivity index (χ0v) is 14.4. The van der Waals surface area contributed by atoms with Gasteiger partial charge in [-0.15, -0.1) is 0 Å². The second-order valence-corrected chi connectivity index (χ2v) is 5.77. The topological polar surface area (TPSA) is 108 Å². The number of nitro groups is 1. The van der Waals surface area contributed by atoms with Crippen LogP contribution in [-0.2, 0) is 11.2 Å². The molecule has 3 aromatic rings. The number of nitro benzene ring substituents is 1. The highest BCUT2D eigenvalue weighted by Crippen LogP contribution is 2.29. The number of carbonyl (C=O) groups excluding carboxylic acids is 1. The molecule has 0 fully saturated rings. The van der Waals surface area contributed by atoms with Gasteiger partial charge in [0.25, 0.3) is 5.69 Å². The van der Waals surface area contributed by atoms with Crippen LogP contribution in [0.3, 0.4) is 0 Å². The monoisotopic (exact) mass is 391 g/mol. The Hall–Kier alpha value is -3.33. The van der Waals surface area contributed by atoms with Gasteiger partial charge in [-0.2, -0.15) is 4.98 Å². The summed E-state index contributed by atoms with van der Waals surface area (Å²) in [5.74, 6) is -0.495. The van der Waals surface area contributed by atoms with Crippen molar-refractivity contribution >= 4 is 23.3 Å². The molecule has 0 amide bonds. The Morgan fingerprint density at radius 1 is 1.26 bits per heavy atom. The summed E-state index contributed by atoms with van der Waals surface area (Å²) in [6, 6.07) is 9.09. The van der Waals surface area contributed by atoms with Crippen LogP contribution in [-0.4, -0.2) is 21.0 Å². The van der Waals surface area contributed by atoms with Crippen molar-refractivity contribution in [2.75, 3.05) is 0 Å². The number of non-ortho nitro benzene ring substituents is 1. The van der Waals surface area contributed by atoms with Gasteiger partial charge in [0.15, 0.2) is 0 Å². The van der Waals surface area contributed by atoms with Gasteiger partial charge in [0.05, 0.1) is 16.4 Å². The zero-order valence-electron chi connectivity index (χ0n) is 13.6. The number of aryl methyl sites for hydroxylation is 1. The third kappa shape index (κ3) is 4.64. The van der Waals surface area contributed by atoms with Crippen LogP contribution in [0.15, 0.2) is 47.0 Å². The van der Waals surface area contributed by atoms with E-state index in [2.05, 4.69) is 10.1 Å². The highest BCUT2D eigenvalue weighted by molar-refractivity contribution is 6.32. The summed E-state index contributed by atoms with van der Waals surface area (Å²) in [5, 5.41) is 14.4. The van der Waals surface area contributed by atoms with Gasteiger partial charge in [0, 0.05) is 24.1 Å². The van der Waals surface area contributed by atoms with Gasteiger partial charge in [-0.3, -0.25) is 14.9 Å². The number of rotatable bonds is 6. The molecular formula is C17H11ClFN3O5. The minimum Gasteiger partial charge on any atom is -0.425 e. The Morgan fingerprint density at radius 2 is 2.00 bits per heavy atom. The third-order valence-corrected chi connectivity index (χ3v) is 3.76. The Kier molecular flexibility index (Phi) is 5.41. The minimum atomic E-state index is -0.618. The van der Waals surface area contributed by atoms with Gasteiger partial charge in [-0.05, 0) is 30.3 Å².